The van der Waals surface area contributed by atoms with Crippen molar-refractivity contribution in [2.75, 3.05) is 0 Å². The summed E-state index contributed by atoms with van der Waals surface area (Å²) in [6.45, 7) is 14.4. The second-order valence-electron chi connectivity index (χ2n) is 10.9. The van der Waals surface area contributed by atoms with Gasteiger partial charge in [0.2, 0.25) is 0 Å². The van der Waals surface area contributed by atoms with Crippen LogP contribution in [0.1, 0.15) is 60.3 Å². The van der Waals surface area contributed by atoms with Crippen molar-refractivity contribution in [2.24, 2.45) is 0 Å². The lowest BCUT2D eigenvalue weighted by molar-refractivity contribution is 0.671. The number of hydrogen-bond donors (Lipinski definition) is 0. The Morgan fingerprint density at radius 3 is 2.12 bits per heavy atom. The summed E-state index contributed by atoms with van der Waals surface area (Å²) < 4.78 is 31.1. The molecule has 0 atom stereocenters. The lowest BCUT2D eigenvalue weighted by Crippen LogP contribution is -2.00. The predicted octanol–water partition coefficient (Wildman–Crippen LogP) is 11.1. The Balaban J connectivity index is 1.66. The minimum atomic E-state index is -2.31. The number of furan rings is 1. The van der Waals surface area contributed by atoms with Crippen molar-refractivity contribution in [3.63, 3.8) is 0 Å². The minimum absolute atomic E-state index is 0.225. The smallest absolute Gasteiger partial charge is 0.188 e. The van der Waals surface area contributed by atoms with Crippen LogP contribution in [0.5, 0.6) is 0 Å². The number of rotatable bonds is 5. The molecule has 3 nitrogen and oxygen atoms in total. The zero-order chi connectivity index (χ0) is 30.5. The number of fused-ring (bicyclic) bond motifs is 3. The van der Waals surface area contributed by atoms with Crippen molar-refractivity contribution in [3.8, 4) is 33.5 Å². The Morgan fingerprint density at radius 2 is 1.45 bits per heavy atom. The molecule has 2 aromatic heterocycles. The van der Waals surface area contributed by atoms with E-state index >= 15 is 0 Å². The summed E-state index contributed by atoms with van der Waals surface area (Å²) in [6, 6.07) is 27.3. The van der Waals surface area contributed by atoms with Crippen LogP contribution in [0, 0.1) is 13.4 Å². The number of nitrogens with zero attached hydrogens (tertiary/aromatic N) is 2. The Kier molecular flexibility index (Phi) is 5.62. The Morgan fingerprint density at radius 1 is 0.750 bits per heavy atom. The average Bonchev–Trinajstić information content (AvgIpc) is 3.38. The highest BCUT2D eigenvalue weighted by Gasteiger charge is 2.20. The third-order valence-electron chi connectivity index (χ3n) is 7.57. The minimum Gasteiger partial charge on any atom is -0.455 e. The van der Waals surface area contributed by atoms with E-state index in [1.807, 2.05) is 48.7 Å². The molecule has 0 saturated carbocycles. The molecule has 2 heterocycles. The molecular weight excluding hydrogens is 488 g/mol. The van der Waals surface area contributed by atoms with Crippen LogP contribution in [0.3, 0.4) is 0 Å². The summed E-state index contributed by atoms with van der Waals surface area (Å²) in [4.78, 5) is 8.53. The highest BCUT2D eigenvalue weighted by molar-refractivity contribution is 6.14. The molecule has 40 heavy (non-hydrogen) atoms. The normalized spacial score (nSPS) is 13.0. The van der Waals surface area contributed by atoms with Gasteiger partial charge < -0.3 is 4.42 Å². The molecule has 0 fully saturated rings. The molecule has 196 valence electrons. The largest absolute Gasteiger partial charge is 0.455 e. The number of benzene rings is 4. The second-order valence-corrected chi connectivity index (χ2v) is 10.9. The van der Waals surface area contributed by atoms with Gasteiger partial charge in [-0.2, -0.15) is 0 Å². The van der Waals surface area contributed by atoms with Gasteiger partial charge in [-0.05, 0) is 88.5 Å². The monoisotopic (exact) mass is 523 g/mol. The molecule has 0 aliphatic carbocycles. The Labute approximate surface area is 240 Å². The van der Waals surface area contributed by atoms with Crippen molar-refractivity contribution in [3.05, 3.63) is 119 Å². The third-order valence-corrected chi connectivity index (χ3v) is 7.57. The third kappa shape index (κ3) is 4.36. The first-order valence-corrected chi connectivity index (χ1v) is 13.6. The van der Waals surface area contributed by atoms with E-state index in [0.717, 1.165) is 11.1 Å². The summed E-state index contributed by atoms with van der Waals surface area (Å²) >= 11 is 0. The summed E-state index contributed by atoms with van der Waals surface area (Å²) in [5, 5.41) is 1.36. The summed E-state index contributed by atoms with van der Waals surface area (Å²) in [5.74, 6) is 0.670. The van der Waals surface area contributed by atoms with Crippen LogP contribution in [0.2, 0.25) is 0 Å². The number of aryl methyl sites for hydroxylation is 1. The maximum Gasteiger partial charge on any atom is 0.188 e. The predicted molar refractivity (Wildman–Crippen MR) is 167 cm³/mol. The quantitative estimate of drug-likeness (QED) is 0.210. The molecule has 6 aromatic rings. The fourth-order valence-electron chi connectivity index (χ4n) is 5.67. The van der Waals surface area contributed by atoms with Crippen LogP contribution in [-0.4, -0.2) is 4.98 Å². The first-order valence-electron chi connectivity index (χ1n) is 15.1. The molecule has 4 aromatic carbocycles. The van der Waals surface area contributed by atoms with E-state index < -0.39 is 6.85 Å². The van der Waals surface area contributed by atoms with Crippen LogP contribution in [0.15, 0.2) is 95.5 Å². The van der Waals surface area contributed by atoms with Gasteiger partial charge in [0.25, 0.3) is 0 Å². The van der Waals surface area contributed by atoms with Gasteiger partial charge >= 0.3 is 0 Å². The molecular formula is C37H32N2O. The van der Waals surface area contributed by atoms with Crippen molar-refractivity contribution in [2.45, 2.75) is 46.4 Å². The molecule has 0 aliphatic heterocycles. The first-order chi connectivity index (χ1) is 20.6. The molecule has 0 bridgehead atoms. The fraction of sp³-hybridized carbons (Fsp3) is 0.189. The lowest BCUT2D eigenvalue weighted by Gasteiger charge is -2.20. The van der Waals surface area contributed by atoms with Gasteiger partial charge in [-0.15, -0.1) is 0 Å². The summed E-state index contributed by atoms with van der Waals surface area (Å²) in [5.41, 5.74) is 9.59. The van der Waals surface area contributed by atoms with E-state index in [1.54, 1.807) is 18.2 Å². The summed E-state index contributed by atoms with van der Waals surface area (Å²) in [6.07, 6.45) is 1.81. The zero-order valence-electron chi connectivity index (χ0n) is 26.1. The highest BCUT2D eigenvalue weighted by atomic mass is 16.3. The van der Waals surface area contributed by atoms with Crippen LogP contribution in [-0.2, 0) is 0 Å². The topological polar surface area (TPSA) is 30.4 Å². The molecule has 3 heteroatoms. The van der Waals surface area contributed by atoms with Crippen molar-refractivity contribution >= 4 is 27.6 Å². The van der Waals surface area contributed by atoms with E-state index in [2.05, 4.69) is 56.8 Å². The van der Waals surface area contributed by atoms with E-state index in [1.165, 1.54) is 16.7 Å². The molecule has 0 aliphatic rings. The van der Waals surface area contributed by atoms with E-state index in [9.17, 15) is 0 Å². The number of aromatic nitrogens is 1. The molecule has 6 rings (SSSR count). The molecule has 0 radical (unpaired) electrons. The summed E-state index contributed by atoms with van der Waals surface area (Å²) in [7, 11) is 0. The van der Waals surface area contributed by atoms with E-state index in [0.29, 0.717) is 56.3 Å². The van der Waals surface area contributed by atoms with Crippen LogP contribution in [0.4, 0.5) is 5.69 Å². The Bertz CT molecular complexity index is 2000. The van der Waals surface area contributed by atoms with Crippen molar-refractivity contribution in [1.82, 2.24) is 4.98 Å². The Hall–Kier alpha value is -4.68. The molecule has 0 saturated heterocycles. The van der Waals surface area contributed by atoms with Crippen molar-refractivity contribution < 1.29 is 8.53 Å². The van der Waals surface area contributed by atoms with Gasteiger partial charge in [-0.25, -0.2) is 4.85 Å². The van der Waals surface area contributed by atoms with Crippen molar-refractivity contribution in [1.29, 1.82) is 0 Å². The molecule has 0 N–H and O–H groups in total. The molecule has 0 spiro atoms. The number of pyridine rings is 1. The second kappa shape index (κ2) is 10.1. The van der Waals surface area contributed by atoms with Gasteiger partial charge in [0, 0.05) is 32.2 Å². The first kappa shape index (κ1) is 22.2. The SMILES string of the molecule is [2H]C([2H])([2H])c1cc(-c2ccccc2)c2oc3c(-c4cc(-c5c(C(C)C)cccc5C(C)C)ccn4)cc([N+]#[C-])cc3c2c1. The van der Waals surface area contributed by atoms with Crippen LogP contribution in [0.25, 0.3) is 60.3 Å². The average molecular weight is 524 g/mol. The highest BCUT2D eigenvalue weighted by Crippen LogP contribution is 2.43. The maximum atomic E-state index is 8.17. The van der Waals surface area contributed by atoms with E-state index in [4.69, 9.17) is 20.1 Å². The fourth-order valence-corrected chi connectivity index (χ4v) is 5.67. The van der Waals surface area contributed by atoms with Gasteiger partial charge in [0.1, 0.15) is 11.2 Å². The van der Waals surface area contributed by atoms with Gasteiger partial charge in [0.15, 0.2) is 5.69 Å². The number of hydrogen-bond acceptors (Lipinski definition) is 2. The van der Waals surface area contributed by atoms with Gasteiger partial charge in [-0.1, -0.05) is 76.2 Å². The van der Waals surface area contributed by atoms with Crippen LogP contribution < -0.4 is 0 Å². The van der Waals surface area contributed by atoms with Gasteiger partial charge in [-0.3, -0.25) is 4.98 Å². The molecule has 0 unspecified atom stereocenters. The van der Waals surface area contributed by atoms with Gasteiger partial charge in [0.05, 0.1) is 12.3 Å². The van der Waals surface area contributed by atoms with Crippen LogP contribution >= 0.6 is 0 Å². The standard InChI is InChI=1S/C37H32N2O/c1-22(2)28-13-10-14-29(23(3)4)35(28)26-15-16-39-34(19-26)33-21-27(38-6)20-32-31-18-24(5)17-30(36(31)40-37(32)33)25-11-8-7-9-12-25/h7-23H,1-5H3/i5D3. The zero-order valence-corrected chi connectivity index (χ0v) is 23.1. The maximum absolute atomic E-state index is 8.17. The lowest BCUT2D eigenvalue weighted by atomic mass is 9.85. The molecule has 0 amide bonds. The van der Waals surface area contributed by atoms with E-state index in [-0.39, 0.29) is 5.56 Å².